The maximum atomic E-state index is 14.9. The molecule has 4 aromatic carbocycles. The highest BCUT2D eigenvalue weighted by atomic mass is 16.2. The van der Waals surface area contributed by atoms with Gasteiger partial charge in [0.25, 0.3) is 0 Å². The number of fused-ring (bicyclic) bond motifs is 3. The predicted octanol–water partition coefficient (Wildman–Crippen LogP) is 7.94. The molecular formula is C41H49N5O. The van der Waals surface area contributed by atoms with E-state index >= 15 is 0 Å². The molecule has 6 nitrogen and oxygen atoms in total. The summed E-state index contributed by atoms with van der Waals surface area (Å²) in [6.07, 6.45) is 12.8. The number of nitrogens with zero attached hydrogens (tertiary/aromatic N) is 1. The standard InChI is InChI=1S/C41H49N5O/c42-33-17-19-34(20-18-33)45-40(47)38-41(22-10-3-1-2-4-11-23-41)36-21-16-30(39(43)44)26-37(36)46(38)27-32-25-31(28-12-6-5-7-13-28)24-29-14-8-9-15-35(29)32/h5-9,12-16,21,24-26,33-34,38H,1-4,10-11,17-20,22-23,27,42H2,(H3,43,44)(H,45,47)/t33-,34-,38?. The Balaban J connectivity index is 1.38. The summed E-state index contributed by atoms with van der Waals surface area (Å²) < 4.78 is 0. The van der Waals surface area contributed by atoms with E-state index in [1.165, 1.54) is 58.7 Å². The van der Waals surface area contributed by atoms with Crippen LogP contribution in [0.25, 0.3) is 21.9 Å². The summed E-state index contributed by atoms with van der Waals surface area (Å²) in [6, 6.07) is 30.1. The molecule has 1 unspecified atom stereocenters. The number of hydrogen-bond donors (Lipinski definition) is 4. The molecule has 0 radical (unpaired) electrons. The van der Waals surface area contributed by atoms with E-state index in [2.05, 4.69) is 89.1 Å². The quantitative estimate of drug-likeness (QED) is 0.129. The lowest BCUT2D eigenvalue weighted by Gasteiger charge is -2.40. The van der Waals surface area contributed by atoms with Gasteiger partial charge >= 0.3 is 0 Å². The molecule has 1 amide bonds. The van der Waals surface area contributed by atoms with Gasteiger partial charge in [-0.15, -0.1) is 0 Å². The minimum atomic E-state index is -0.354. The summed E-state index contributed by atoms with van der Waals surface area (Å²) >= 11 is 0. The topological polar surface area (TPSA) is 108 Å². The highest BCUT2D eigenvalue weighted by molar-refractivity contribution is 5.98. The van der Waals surface area contributed by atoms with Crippen molar-refractivity contribution in [2.45, 2.75) is 107 Å². The number of nitrogens with one attached hydrogen (secondary N) is 2. The molecule has 2 saturated carbocycles. The highest BCUT2D eigenvalue weighted by Gasteiger charge is 2.54. The van der Waals surface area contributed by atoms with Crippen LogP contribution in [0.3, 0.4) is 0 Å². The van der Waals surface area contributed by atoms with E-state index in [-0.39, 0.29) is 35.3 Å². The van der Waals surface area contributed by atoms with Gasteiger partial charge in [-0.05, 0) is 89.8 Å². The van der Waals surface area contributed by atoms with Crippen LogP contribution in [-0.4, -0.2) is 29.9 Å². The van der Waals surface area contributed by atoms with Crippen LogP contribution >= 0.6 is 0 Å². The van der Waals surface area contributed by atoms with Crippen molar-refractivity contribution >= 4 is 28.2 Å². The second kappa shape index (κ2) is 13.5. The van der Waals surface area contributed by atoms with Crippen LogP contribution in [0.4, 0.5) is 5.69 Å². The van der Waals surface area contributed by atoms with Crippen LogP contribution in [-0.2, 0) is 16.8 Å². The summed E-state index contributed by atoms with van der Waals surface area (Å²) in [5.41, 5.74) is 18.6. The van der Waals surface area contributed by atoms with E-state index < -0.39 is 0 Å². The summed E-state index contributed by atoms with van der Waals surface area (Å²) in [6.45, 7) is 0.588. The lowest BCUT2D eigenvalue weighted by atomic mass is 9.69. The molecule has 2 aliphatic carbocycles. The second-order valence-electron chi connectivity index (χ2n) is 14.3. The molecule has 2 fully saturated rings. The number of carbonyl (C=O) groups excluding carboxylic acids is 1. The van der Waals surface area contributed by atoms with Crippen molar-refractivity contribution < 1.29 is 4.79 Å². The number of anilines is 1. The minimum Gasteiger partial charge on any atom is -0.384 e. The van der Waals surface area contributed by atoms with Gasteiger partial charge in [-0.2, -0.15) is 0 Å². The van der Waals surface area contributed by atoms with Gasteiger partial charge in [-0.25, -0.2) is 0 Å². The smallest absolute Gasteiger partial charge is 0.243 e. The number of carbonyl (C=O) groups is 1. The second-order valence-corrected chi connectivity index (χ2v) is 14.3. The number of rotatable bonds is 6. The Hall–Kier alpha value is -4.16. The lowest BCUT2D eigenvalue weighted by molar-refractivity contribution is -0.125. The first-order valence-corrected chi connectivity index (χ1v) is 17.8. The average molecular weight is 628 g/mol. The Morgan fingerprint density at radius 2 is 1.49 bits per heavy atom. The Bertz CT molecular complexity index is 1730. The third kappa shape index (κ3) is 6.28. The van der Waals surface area contributed by atoms with Crippen LogP contribution in [0.5, 0.6) is 0 Å². The van der Waals surface area contributed by atoms with Crippen LogP contribution in [0.1, 0.15) is 93.7 Å². The Morgan fingerprint density at radius 1 is 0.809 bits per heavy atom. The number of nitrogen functional groups attached to an aromatic ring is 1. The molecule has 1 atom stereocenters. The monoisotopic (exact) mass is 627 g/mol. The fraction of sp³-hybridized carbons (Fsp3) is 0.415. The van der Waals surface area contributed by atoms with Gasteiger partial charge < -0.3 is 21.7 Å². The minimum absolute atomic E-state index is 0.0548. The molecule has 0 bridgehead atoms. The molecule has 3 aliphatic rings. The van der Waals surface area contributed by atoms with E-state index in [4.69, 9.17) is 16.9 Å². The van der Waals surface area contributed by atoms with Gasteiger partial charge in [-0.3, -0.25) is 10.2 Å². The molecule has 1 aliphatic heterocycles. The van der Waals surface area contributed by atoms with Gasteiger partial charge in [0.15, 0.2) is 0 Å². The molecule has 1 spiro atoms. The summed E-state index contributed by atoms with van der Waals surface area (Å²) in [5, 5.41) is 14.3. The molecule has 244 valence electrons. The van der Waals surface area contributed by atoms with E-state index in [1.807, 2.05) is 6.07 Å². The van der Waals surface area contributed by atoms with Crippen LogP contribution in [0.2, 0.25) is 0 Å². The number of hydrogen-bond acceptors (Lipinski definition) is 4. The largest absolute Gasteiger partial charge is 0.384 e. The van der Waals surface area contributed by atoms with Crippen LogP contribution in [0.15, 0.2) is 84.9 Å². The van der Waals surface area contributed by atoms with Crippen molar-refractivity contribution in [1.29, 1.82) is 5.41 Å². The van der Waals surface area contributed by atoms with Crippen LogP contribution in [0, 0.1) is 5.41 Å². The fourth-order valence-electron chi connectivity index (χ4n) is 8.81. The van der Waals surface area contributed by atoms with Crippen molar-refractivity contribution in [3.63, 3.8) is 0 Å². The third-order valence-electron chi connectivity index (χ3n) is 11.2. The first-order valence-electron chi connectivity index (χ1n) is 17.8. The predicted molar refractivity (Wildman–Crippen MR) is 194 cm³/mol. The Morgan fingerprint density at radius 3 is 2.21 bits per heavy atom. The zero-order valence-electron chi connectivity index (χ0n) is 27.5. The molecule has 1 heterocycles. The van der Waals surface area contributed by atoms with Gasteiger partial charge in [0.1, 0.15) is 11.9 Å². The van der Waals surface area contributed by atoms with Gasteiger partial charge in [0.2, 0.25) is 5.91 Å². The highest BCUT2D eigenvalue weighted by Crippen LogP contribution is 2.53. The van der Waals surface area contributed by atoms with Crippen molar-refractivity contribution in [1.82, 2.24) is 5.32 Å². The first kappa shape index (κ1) is 31.4. The van der Waals surface area contributed by atoms with Gasteiger partial charge in [0, 0.05) is 35.3 Å². The summed E-state index contributed by atoms with van der Waals surface area (Å²) in [7, 11) is 0. The van der Waals surface area contributed by atoms with Crippen molar-refractivity contribution in [3.8, 4) is 11.1 Å². The van der Waals surface area contributed by atoms with Crippen molar-refractivity contribution in [2.75, 3.05) is 4.90 Å². The maximum Gasteiger partial charge on any atom is 0.243 e. The number of benzene rings is 4. The molecule has 7 rings (SSSR count). The molecule has 4 aromatic rings. The van der Waals surface area contributed by atoms with Crippen LogP contribution < -0.4 is 21.7 Å². The maximum absolute atomic E-state index is 14.9. The van der Waals surface area contributed by atoms with E-state index in [1.54, 1.807) is 0 Å². The summed E-state index contributed by atoms with van der Waals surface area (Å²) in [5.74, 6) is 0.188. The van der Waals surface area contributed by atoms with E-state index in [9.17, 15) is 4.79 Å². The Labute approximate surface area is 279 Å². The number of amides is 1. The zero-order chi connectivity index (χ0) is 32.4. The molecule has 6 N–H and O–H groups in total. The first-order chi connectivity index (χ1) is 22.9. The van der Waals surface area contributed by atoms with Gasteiger partial charge in [-0.1, -0.05) is 105 Å². The molecular weight excluding hydrogens is 578 g/mol. The van der Waals surface area contributed by atoms with E-state index in [0.29, 0.717) is 12.1 Å². The summed E-state index contributed by atoms with van der Waals surface area (Å²) in [4.78, 5) is 17.3. The average Bonchev–Trinajstić information content (AvgIpc) is 3.42. The van der Waals surface area contributed by atoms with E-state index in [0.717, 1.165) is 57.1 Å². The SMILES string of the molecule is N=C(N)c1ccc2c(c1)N(Cc1cc(-c3ccccc3)cc3ccccc13)C(C(=O)N[C@H]1CC[C@H](N)CC1)C21CCCCCCCC1. The van der Waals surface area contributed by atoms with Crippen molar-refractivity contribution in [3.05, 3.63) is 102 Å². The van der Waals surface area contributed by atoms with Crippen molar-refractivity contribution in [2.24, 2.45) is 11.5 Å². The molecule has 0 saturated heterocycles. The molecule has 6 heteroatoms. The van der Waals surface area contributed by atoms with Gasteiger partial charge in [0.05, 0.1) is 0 Å². The normalized spacial score (nSPS) is 22.7. The third-order valence-corrected chi connectivity index (χ3v) is 11.2. The molecule has 47 heavy (non-hydrogen) atoms. The number of amidine groups is 1. The lowest BCUT2D eigenvalue weighted by Crippen LogP contribution is -2.56. The number of nitrogens with two attached hydrogens (primary N) is 2. The fourth-order valence-corrected chi connectivity index (χ4v) is 8.81. The zero-order valence-corrected chi connectivity index (χ0v) is 27.5. The molecule has 0 aromatic heterocycles. The Kier molecular flexibility index (Phi) is 9.05.